The topological polar surface area (TPSA) is 55.6 Å². The standard InChI is InChI=1S/C13H19FN2O2/c1-3-16(7-8-18-4-2)13(17)11-6-5-10(15)9-12(11)14/h5-6,9H,3-4,7-8,15H2,1-2H3. The van der Waals surface area contributed by atoms with Crippen molar-refractivity contribution in [2.24, 2.45) is 0 Å². The summed E-state index contributed by atoms with van der Waals surface area (Å²) >= 11 is 0. The minimum Gasteiger partial charge on any atom is -0.399 e. The lowest BCUT2D eigenvalue weighted by molar-refractivity contribution is 0.0665. The van der Waals surface area contributed by atoms with Crippen molar-refractivity contribution in [1.82, 2.24) is 4.90 Å². The van der Waals surface area contributed by atoms with Crippen LogP contribution < -0.4 is 5.73 Å². The quantitative estimate of drug-likeness (QED) is 0.623. The number of hydrogen-bond donors (Lipinski definition) is 1. The monoisotopic (exact) mass is 254 g/mol. The lowest BCUT2D eigenvalue weighted by Crippen LogP contribution is -2.34. The molecule has 0 spiro atoms. The van der Waals surface area contributed by atoms with Crippen molar-refractivity contribution in [3.63, 3.8) is 0 Å². The van der Waals surface area contributed by atoms with Gasteiger partial charge in [-0.1, -0.05) is 0 Å². The molecule has 100 valence electrons. The van der Waals surface area contributed by atoms with Crippen LogP contribution in [-0.4, -0.2) is 37.1 Å². The summed E-state index contributed by atoms with van der Waals surface area (Å²) in [6.45, 7) is 5.74. The molecule has 0 radical (unpaired) electrons. The van der Waals surface area contributed by atoms with Crippen LogP contribution in [0.15, 0.2) is 18.2 Å². The highest BCUT2D eigenvalue weighted by Gasteiger charge is 2.17. The van der Waals surface area contributed by atoms with Crippen molar-refractivity contribution in [3.8, 4) is 0 Å². The number of carbonyl (C=O) groups is 1. The number of benzene rings is 1. The Balaban J connectivity index is 2.76. The second-order valence-electron chi connectivity index (χ2n) is 3.82. The van der Waals surface area contributed by atoms with E-state index in [2.05, 4.69) is 0 Å². The molecule has 1 rings (SSSR count). The van der Waals surface area contributed by atoms with Gasteiger partial charge in [-0.2, -0.15) is 0 Å². The van der Waals surface area contributed by atoms with E-state index in [0.717, 1.165) is 6.07 Å². The maximum Gasteiger partial charge on any atom is 0.256 e. The predicted molar refractivity (Wildman–Crippen MR) is 68.9 cm³/mol. The van der Waals surface area contributed by atoms with Gasteiger partial charge in [0.1, 0.15) is 5.82 Å². The molecule has 0 aliphatic rings. The fraction of sp³-hybridized carbons (Fsp3) is 0.462. The van der Waals surface area contributed by atoms with E-state index in [1.807, 2.05) is 13.8 Å². The molecule has 0 heterocycles. The van der Waals surface area contributed by atoms with Crippen LogP contribution in [0.5, 0.6) is 0 Å². The molecule has 0 saturated carbocycles. The van der Waals surface area contributed by atoms with Gasteiger partial charge in [-0.15, -0.1) is 0 Å². The molecule has 1 aromatic rings. The van der Waals surface area contributed by atoms with Crippen molar-refractivity contribution < 1.29 is 13.9 Å². The number of rotatable bonds is 6. The number of likely N-dealkylation sites (N-methyl/N-ethyl adjacent to an activating group) is 1. The lowest BCUT2D eigenvalue weighted by Gasteiger charge is -2.21. The van der Waals surface area contributed by atoms with Crippen molar-refractivity contribution in [1.29, 1.82) is 0 Å². The van der Waals surface area contributed by atoms with Gasteiger partial charge in [0.05, 0.1) is 12.2 Å². The maximum absolute atomic E-state index is 13.6. The molecule has 2 N–H and O–H groups in total. The molecule has 5 heteroatoms. The average Bonchev–Trinajstić information content (AvgIpc) is 2.34. The molecule has 0 aliphatic heterocycles. The summed E-state index contributed by atoms with van der Waals surface area (Å²) in [5.74, 6) is -0.926. The number of nitrogens with zero attached hydrogens (tertiary/aromatic N) is 1. The minimum absolute atomic E-state index is 0.0440. The average molecular weight is 254 g/mol. The van der Waals surface area contributed by atoms with E-state index in [9.17, 15) is 9.18 Å². The zero-order valence-corrected chi connectivity index (χ0v) is 10.8. The first-order chi connectivity index (χ1) is 8.60. The van der Waals surface area contributed by atoms with Crippen LogP contribution >= 0.6 is 0 Å². The first kappa shape index (κ1) is 14.4. The van der Waals surface area contributed by atoms with E-state index < -0.39 is 5.82 Å². The highest BCUT2D eigenvalue weighted by molar-refractivity contribution is 5.94. The van der Waals surface area contributed by atoms with Gasteiger partial charge in [-0.05, 0) is 32.0 Å². The molecule has 0 aromatic heterocycles. The minimum atomic E-state index is -0.588. The van der Waals surface area contributed by atoms with Crippen LogP contribution in [0.1, 0.15) is 24.2 Å². The van der Waals surface area contributed by atoms with E-state index in [-0.39, 0.29) is 11.5 Å². The molecule has 4 nitrogen and oxygen atoms in total. The third-order valence-corrected chi connectivity index (χ3v) is 2.60. The molecule has 0 aliphatic carbocycles. The molecule has 1 aromatic carbocycles. The molecular formula is C13H19FN2O2. The molecular weight excluding hydrogens is 235 g/mol. The number of carbonyl (C=O) groups excluding carboxylic acids is 1. The van der Waals surface area contributed by atoms with Gasteiger partial charge in [0.15, 0.2) is 0 Å². The SMILES string of the molecule is CCOCCN(CC)C(=O)c1ccc(N)cc1F. The maximum atomic E-state index is 13.6. The van der Waals surface area contributed by atoms with Crippen LogP contribution in [0.25, 0.3) is 0 Å². The van der Waals surface area contributed by atoms with Crippen molar-refractivity contribution >= 4 is 11.6 Å². The summed E-state index contributed by atoms with van der Waals surface area (Å²) in [6, 6.07) is 4.09. The van der Waals surface area contributed by atoms with Gasteiger partial charge in [-0.25, -0.2) is 4.39 Å². The van der Waals surface area contributed by atoms with Gasteiger partial charge >= 0.3 is 0 Å². The normalized spacial score (nSPS) is 10.4. The van der Waals surface area contributed by atoms with Crippen LogP contribution in [-0.2, 0) is 4.74 Å². The number of hydrogen-bond acceptors (Lipinski definition) is 3. The summed E-state index contributed by atoms with van der Waals surface area (Å²) in [6.07, 6.45) is 0. The second-order valence-corrected chi connectivity index (χ2v) is 3.82. The third-order valence-electron chi connectivity index (χ3n) is 2.60. The van der Waals surface area contributed by atoms with Gasteiger partial charge in [-0.3, -0.25) is 4.79 Å². The van der Waals surface area contributed by atoms with E-state index in [1.54, 1.807) is 4.90 Å². The zero-order valence-electron chi connectivity index (χ0n) is 10.8. The van der Waals surface area contributed by atoms with Crippen LogP contribution in [0.2, 0.25) is 0 Å². The van der Waals surface area contributed by atoms with E-state index in [0.29, 0.717) is 32.0 Å². The van der Waals surface area contributed by atoms with Crippen molar-refractivity contribution in [2.45, 2.75) is 13.8 Å². The Morgan fingerprint density at radius 2 is 2.17 bits per heavy atom. The van der Waals surface area contributed by atoms with Gasteiger partial charge in [0, 0.05) is 25.4 Å². The second kappa shape index (κ2) is 6.96. The van der Waals surface area contributed by atoms with Crippen molar-refractivity contribution in [3.05, 3.63) is 29.6 Å². The molecule has 0 fully saturated rings. The summed E-state index contributed by atoms with van der Waals surface area (Å²) in [5.41, 5.74) is 5.80. The predicted octanol–water partition coefficient (Wildman–Crippen LogP) is 1.91. The van der Waals surface area contributed by atoms with E-state index >= 15 is 0 Å². The van der Waals surface area contributed by atoms with Crippen molar-refractivity contribution in [2.75, 3.05) is 32.0 Å². The number of anilines is 1. The highest BCUT2D eigenvalue weighted by atomic mass is 19.1. The molecule has 18 heavy (non-hydrogen) atoms. The van der Waals surface area contributed by atoms with E-state index in [1.165, 1.54) is 12.1 Å². The number of ether oxygens (including phenoxy) is 1. The molecule has 0 saturated heterocycles. The molecule has 0 bridgehead atoms. The smallest absolute Gasteiger partial charge is 0.256 e. The lowest BCUT2D eigenvalue weighted by atomic mass is 10.1. The van der Waals surface area contributed by atoms with Crippen LogP contribution in [0, 0.1) is 5.82 Å². The Morgan fingerprint density at radius 3 is 2.72 bits per heavy atom. The van der Waals surface area contributed by atoms with E-state index in [4.69, 9.17) is 10.5 Å². The van der Waals surface area contributed by atoms with Gasteiger partial charge < -0.3 is 15.4 Å². The largest absolute Gasteiger partial charge is 0.399 e. The molecule has 1 amide bonds. The molecule has 0 unspecified atom stereocenters. The number of halogens is 1. The summed E-state index contributed by atoms with van der Waals surface area (Å²) in [7, 11) is 0. The third kappa shape index (κ3) is 3.70. The number of nitrogen functional groups attached to an aromatic ring is 1. The summed E-state index contributed by atoms with van der Waals surface area (Å²) < 4.78 is 18.8. The van der Waals surface area contributed by atoms with Gasteiger partial charge in [0.25, 0.3) is 5.91 Å². The van der Waals surface area contributed by atoms with Gasteiger partial charge in [0.2, 0.25) is 0 Å². The number of nitrogens with two attached hydrogens (primary N) is 1. The Kier molecular flexibility index (Phi) is 5.58. The first-order valence-corrected chi connectivity index (χ1v) is 6.02. The Labute approximate surface area is 107 Å². The Bertz CT molecular complexity index is 410. The highest BCUT2D eigenvalue weighted by Crippen LogP contribution is 2.14. The van der Waals surface area contributed by atoms with Crippen LogP contribution in [0.3, 0.4) is 0 Å². The number of amides is 1. The Hall–Kier alpha value is -1.62. The summed E-state index contributed by atoms with van der Waals surface area (Å²) in [4.78, 5) is 13.6. The van der Waals surface area contributed by atoms with Crippen LogP contribution in [0.4, 0.5) is 10.1 Å². The molecule has 0 atom stereocenters. The zero-order chi connectivity index (χ0) is 13.5. The summed E-state index contributed by atoms with van der Waals surface area (Å²) in [5, 5.41) is 0. The first-order valence-electron chi connectivity index (χ1n) is 6.02. The fourth-order valence-corrected chi connectivity index (χ4v) is 1.60. The Morgan fingerprint density at radius 1 is 1.44 bits per heavy atom. The fourth-order valence-electron chi connectivity index (χ4n) is 1.60.